The average Bonchev–Trinajstić information content (AvgIpc) is 3.08. The van der Waals surface area contributed by atoms with Gasteiger partial charge in [0.15, 0.2) is 0 Å². The molecule has 7 heteroatoms. The van der Waals surface area contributed by atoms with Crippen molar-refractivity contribution in [2.45, 2.75) is 57.3 Å². The molecule has 156 valence electrons. The highest BCUT2D eigenvalue weighted by Gasteiger charge is 2.38. The van der Waals surface area contributed by atoms with E-state index in [0.717, 1.165) is 31.5 Å². The third-order valence-corrected chi connectivity index (χ3v) is 5.38. The molecule has 1 N–H and O–H groups in total. The van der Waals surface area contributed by atoms with Crippen molar-refractivity contribution < 1.29 is 28.6 Å². The molecule has 0 spiro atoms. The van der Waals surface area contributed by atoms with Crippen molar-refractivity contribution >= 4 is 11.9 Å². The second-order valence-electron chi connectivity index (χ2n) is 7.67. The Hall–Kier alpha value is -2.54. The highest BCUT2D eigenvalue weighted by Crippen LogP contribution is 2.38. The van der Waals surface area contributed by atoms with Crippen LogP contribution in [0.5, 0.6) is 0 Å². The fourth-order valence-corrected chi connectivity index (χ4v) is 3.92. The van der Waals surface area contributed by atoms with Crippen LogP contribution >= 0.6 is 0 Å². The molecular formula is C22H26FNO5. The Morgan fingerprint density at radius 3 is 2.93 bits per heavy atom. The van der Waals surface area contributed by atoms with Gasteiger partial charge < -0.3 is 14.6 Å². The van der Waals surface area contributed by atoms with E-state index in [2.05, 4.69) is 17.1 Å². The highest BCUT2D eigenvalue weighted by atomic mass is 19.1. The lowest BCUT2D eigenvalue weighted by Crippen LogP contribution is -2.22. The maximum Gasteiger partial charge on any atom is 0.340 e. The summed E-state index contributed by atoms with van der Waals surface area (Å²) in [6.07, 6.45) is 11.2. The number of rotatable bonds is 2. The van der Waals surface area contributed by atoms with E-state index in [9.17, 15) is 19.1 Å². The second-order valence-corrected chi connectivity index (χ2v) is 7.67. The first kappa shape index (κ1) is 21.2. The Morgan fingerprint density at radius 1 is 1.31 bits per heavy atom. The molecule has 0 radical (unpaired) electrons. The standard InChI is InChI=1S/C22H26FNO5/c1-14-5-3-2-4-6-15-10-18(11-19(15)20(25)7-8-21(26)28-14)29-22(27)16-9-17(23)13-24-12-16/h4,6-9,12-15,18-20,25H,2-3,5,10-11H2,1H3/b6-4+,8-7?/t14-,15+,18-,19+,20+/m0/s1. The summed E-state index contributed by atoms with van der Waals surface area (Å²) >= 11 is 0. The van der Waals surface area contributed by atoms with Crippen molar-refractivity contribution in [1.29, 1.82) is 0 Å². The highest BCUT2D eigenvalue weighted by molar-refractivity contribution is 5.89. The molecule has 29 heavy (non-hydrogen) atoms. The van der Waals surface area contributed by atoms with Gasteiger partial charge in [-0.2, -0.15) is 0 Å². The van der Waals surface area contributed by atoms with Crippen molar-refractivity contribution in [2.24, 2.45) is 11.8 Å². The van der Waals surface area contributed by atoms with Crippen LogP contribution in [0.1, 0.15) is 49.4 Å². The Bertz CT molecular complexity index is 793. The number of allylic oxidation sites excluding steroid dienone is 2. The Kier molecular flexibility index (Phi) is 7.14. The van der Waals surface area contributed by atoms with Gasteiger partial charge in [0, 0.05) is 12.3 Å². The number of nitrogens with zero attached hydrogens (tertiary/aromatic N) is 1. The number of carbonyl (C=O) groups is 2. The minimum absolute atomic E-state index is 0.00674. The molecule has 2 aliphatic rings. The van der Waals surface area contributed by atoms with Crippen molar-refractivity contribution in [3.8, 4) is 0 Å². The number of carbonyl (C=O) groups excluding carboxylic acids is 2. The summed E-state index contributed by atoms with van der Waals surface area (Å²) in [6, 6.07) is 1.09. The van der Waals surface area contributed by atoms with E-state index in [1.807, 2.05) is 6.92 Å². The van der Waals surface area contributed by atoms with Crippen molar-refractivity contribution in [1.82, 2.24) is 4.98 Å². The molecule has 1 aromatic rings. The number of aliphatic hydroxyl groups is 1. The number of aromatic nitrogens is 1. The topological polar surface area (TPSA) is 85.7 Å². The van der Waals surface area contributed by atoms with Crippen molar-refractivity contribution in [3.05, 3.63) is 54.1 Å². The maximum absolute atomic E-state index is 13.3. The fourth-order valence-electron chi connectivity index (χ4n) is 3.92. The van der Waals surface area contributed by atoms with Gasteiger partial charge in [-0.05, 0) is 63.0 Å². The van der Waals surface area contributed by atoms with Crippen LogP contribution in [-0.4, -0.2) is 40.3 Å². The number of hydrogen-bond donors (Lipinski definition) is 1. The van der Waals surface area contributed by atoms with Gasteiger partial charge in [-0.15, -0.1) is 0 Å². The molecule has 3 rings (SSSR count). The van der Waals surface area contributed by atoms with Gasteiger partial charge in [-0.25, -0.2) is 14.0 Å². The normalized spacial score (nSPS) is 31.6. The van der Waals surface area contributed by atoms with Gasteiger partial charge >= 0.3 is 11.9 Å². The first-order chi connectivity index (χ1) is 13.9. The lowest BCUT2D eigenvalue weighted by atomic mass is 9.90. The zero-order valence-electron chi connectivity index (χ0n) is 16.4. The predicted molar refractivity (Wildman–Crippen MR) is 103 cm³/mol. The van der Waals surface area contributed by atoms with E-state index >= 15 is 0 Å². The van der Waals surface area contributed by atoms with E-state index in [1.165, 1.54) is 18.3 Å². The van der Waals surface area contributed by atoms with Gasteiger partial charge in [0.25, 0.3) is 0 Å². The first-order valence-corrected chi connectivity index (χ1v) is 9.97. The molecule has 1 saturated carbocycles. The van der Waals surface area contributed by atoms with Crippen LogP contribution in [0.4, 0.5) is 4.39 Å². The van der Waals surface area contributed by atoms with Crippen LogP contribution in [0, 0.1) is 17.7 Å². The minimum atomic E-state index is -0.868. The molecule has 5 atom stereocenters. The molecule has 1 aliphatic heterocycles. The Balaban J connectivity index is 1.70. The molecule has 2 heterocycles. The Morgan fingerprint density at radius 2 is 2.14 bits per heavy atom. The monoisotopic (exact) mass is 403 g/mol. The lowest BCUT2D eigenvalue weighted by Gasteiger charge is -2.19. The number of hydrogen-bond acceptors (Lipinski definition) is 6. The maximum atomic E-state index is 13.3. The summed E-state index contributed by atoms with van der Waals surface area (Å²) in [6.45, 7) is 1.85. The van der Waals surface area contributed by atoms with Gasteiger partial charge in [-0.3, -0.25) is 4.98 Å². The SMILES string of the molecule is C[C@H]1CCC/C=C/[C@@H]2C[C@H](OC(=O)c3cncc(F)c3)C[C@H]2[C@H](O)C=CC(=O)O1. The number of ether oxygens (including phenoxy) is 2. The minimum Gasteiger partial charge on any atom is -0.460 e. The number of fused-ring (bicyclic) bond motifs is 1. The summed E-state index contributed by atoms with van der Waals surface area (Å²) in [5.41, 5.74) is 0.0555. The molecular weight excluding hydrogens is 377 g/mol. The summed E-state index contributed by atoms with van der Waals surface area (Å²) in [4.78, 5) is 27.9. The van der Waals surface area contributed by atoms with Crippen LogP contribution in [0.2, 0.25) is 0 Å². The smallest absolute Gasteiger partial charge is 0.340 e. The van der Waals surface area contributed by atoms with E-state index in [0.29, 0.717) is 12.8 Å². The van der Waals surface area contributed by atoms with Crippen LogP contribution in [-0.2, 0) is 14.3 Å². The number of esters is 2. The number of pyridine rings is 1. The zero-order chi connectivity index (χ0) is 20.8. The third kappa shape index (κ3) is 5.97. The molecule has 0 saturated heterocycles. The van der Waals surface area contributed by atoms with Crippen LogP contribution in [0.3, 0.4) is 0 Å². The van der Waals surface area contributed by atoms with Crippen molar-refractivity contribution in [3.63, 3.8) is 0 Å². The summed E-state index contributed by atoms with van der Waals surface area (Å²) in [5, 5.41) is 10.6. The molecule has 1 fully saturated rings. The molecule has 0 bridgehead atoms. The van der Waals surface area contributed by atoms with E-state index in [4.69, 9.17) is 9.47 Å². The molecule has 6 nitrogen and oxygen atoms in total. The van der Waals surface area contributed by atoms with Gasteiger partial charge in [-0.1, -0.05) is 12.2 Å². The van der Waals surface area contributed by atoms with E-state index in [-0.39, 0.29) is 23.5 Å². The summed E-state index contributed by atoms with van der Waals surface area (Å²) < 4.78 is 24.1. The van der Waals surface area contributed by atoms with Gasteiger partial charge in [0.05, 0.1) is 24.0 Å². The second kappa shape index (κ2) is 9.78. The molecule has 1 aliphatic carbocycles. The molecule has 1 aromatic heterocycles. The molecule has 0 amide bonds. The van der Waals surface area contributed by atoms with Crippen molar-refractivity contribution in [2.75, 3.05) is 0 Å². The summed E-state index contributed by atoms with van der Waals surface area (Å²) in [5.74, 6) is -1.90. The summed E-state index contributed by atoms with van der Waals surface area (Å²) in [7, 11) is 0. The van der Waals surface area contributed by atoms with Gasteiger partial charge in [0.1, 0.15) is 11.9 Å². The molecule has 0 unspecified atom stereocenters. The fraction of sp³-hybridized carbons (Fsp3) is 0.500. The number of cyclic esters (lactones) is 1. The van der Waals surface area contributed by atoms with Crippen LogP contribution in [0.15, 0.2) is 42.8 Å². The van der Waals surface area contributed by atoms with Crippen LogP contribution in [0.25, 0.3) is 0 Å². The van der Waals surface area contributed by atoms with Gasteiger partial charge in [0.2, 0.25) is 0 Å². The largest absolute Gasteiger partial charge is 0.460 e. The average molecular weight is 403 g/mol. The third-order valence-electron chi connectivity index (χ3n) is 5.38. The Labute approximate surface area is 169 Å². The van der Waals surface area contributed by atoms with E-state index < -0.39 is 30.0 Å². The number of aliphatic hydroxyl groups excluding tert-OH is 1. The molecule has 0 aromatic carbocycles. The quantitative estimate of drug-likeness (QED) is 0.602. The van der Waals surface area contributed by atoms with E-state index in [1.54, 1.807) is 0 Å². The predicted octanol–water partition coefficient (Wildman–Crippen LogP) is 3.36. The lowest BCUT2D eigenvalue weighted by molar-refractivity contribution is -0.142. The zero-order valence-corrected chi connectivity index (χ0v) is 16.4. The van der Waals surface area contributed by atoms with Crippen LogP contribution < -0.4 is 0 Å². The first-order valence-electron chi connectivity index (χ1n) is 9.97. The number of halogens is 1.